The molecule has 116 valence electrons. The molecule has 0 aromatic heterocycles. The second-order valence-corrected chi connectivity index (χ2v) is 8.10. The summed E-state index contributed by atoms with van der Waals surface area (Å²) in [5.74, 6) is 1.69. The number of benzene rings is 1. The van der Waals surface area contributed by atoms with Gasteiger partial charge in [0.15, 0.2) is 0 Å². The van der Waals surface area contributed by atoms with Gasteiger partial charge < -0.3 is 5.32 Å². The monoisotopic (exact) mass is 285 g/mol. The van der Waals surface area contributed by atoms with Crippen molar-refractivity contribution >= 4 is 0 Å². The Balaban J connectivity index is 1.61. The Morgan fingerprint density at radius 2 is 1.76 bits per heavy atom. The highest BCUT2D eigenvalue weighted by molar-refractivity contribution is 5.26. The van der Waals surface area contributed by atoms with E-state index >= 15 is 0 Å². The van der Waals surface area contributed by atoms with E-state index in [0.717, 1.165) is 11.8 Å². The van der Waals surface area contributed by atoms with Gasteiger partial charge in [-0.15, -0.1) is 0 Å². The molecule has 0 radical (unpaired) electrons. The van der Waals surface area contributed by atoms with Crippen LogP contribution in [-0.2, 0) is 6.42 Å². The Morgan fingerprint density at radius 3 is 2.43 bits per heavy atom. The van der Waals surface area contributed by atoms with E-state index in [1.807, 2.05) is 0 Å². The van der Waals surface area contributed by atoms with Crippen molar-refractivity contribution in [3.8, 4) is 0 Å². The average molecular weight is 285 g/mol. The van der Waals surface area contributed by atoms with E-state index in [1.54, 1.807) is 11.1 Å². The van der Waals surface area contributed by atoms with Gasteiger partial charge in [0.25, 0.3) is 0 Å². The van der Waals surface area contributed by atoms with E-state index < -0.39 is 0 Å². The molecule has 1 saturated heterocycles. The van der Waals surface area contributed by atoms with Crippen LogP contribution in [0.2, 0.25) is 0 Å². The Morgan fingerprint density at radius 1 is 1.05 bits per heavy atom. The molecule has 0 amide bonds. The Hall–Kier alpha value is -0.820. The molecule has 1 saturated carbocycles. The standard InChI is InChI=1S/C20H31N/c1-20(2)11-3-4-19(15-20)18-7-5-16(6-8-18)14-17-9-12-21-13-10-17/h5-8,17,19,21H,3-4,9-15H2,1-2H3. The summed E-state index contributed by atoms with van der Waals surface area (Å²) in [4.78, 5) is 0. The lowest BCUT2D eigenvalue weighted by Crippen LogP contribution is -2.28. The summed E-state index contributed by atoms with van der Waals surface area (Å²) in [6, 6.07) is 9.64. The zero-order valence-corrected chi connectivity index (χ0v) is 13.8. The fourth-order valence-electron chi connectivity index (χ4n) is 4.33. The molecule has 0 spiro atoms. The van der Waals surface area contributed by atoms with Gasteiger partial charge in [0.2, 0.25) is 0 Å². The van der Waals surface area contributed by atoms with Gasteiger partial charge >= 0.3 is 0 Å². The van der Waals surface area contributed by atoms with E-state index in [-0.39, 0.29) is 0 Å². The van der Waals surface area contributed by atoms with Crippen LogP contribution in [-0.4, -0.2) is 13.1 Å². The number of piperidine rings is 1. The van der Waals surface area contributed by atoms with Gasteiger partial charge in [0.05, 0.1) is 0 Å². The third-order valence-electron chi connectivity index (χ3n) is 5.64. The summed E-state index contributed by atoms with van der Waals surface area (Å²) in [7, 11) is 0. The highest BCUT2D eigenvalue weighted by atomic mass is 14.9. The van der Waals surface area contributed by atoms with Crippen molar-refractivity contribution in [2.75, 3.05) is 13.1 Å². The first kappa shape index (κ1) is 15.1. The highest BCUT2D eigenvalue weighted by Gasteiger charge is 2.28. The number of hydrogen-bond donors (Lipinski definition) is 1. The van der Waals surface area contributed by atoms with Gasteiger partial charge in [0, 0.05) is 0 Å². The SMILES string of the molecule is CC1(C)CCCC(c2ccc(CC3CCNCC3)cc2)C1. The van der Waals surface area contributed by atoms with Crippen LogP contribution in [0.15, 0.2) is 24.3 Å². The first-order valence-corrected chi connectivity index (χ1v) is 8.92. The zero-order valence-electron chi connectivity index (χ0n) is 13.8. The number of rotatable bonds is 3. The molecule has 1 unspecified atom stereocenters. The summed E-state index contributed by atoms with van der Waals surface area (Å²) in [6.07, 6.45) is 9.51. The minimum atomic E-state index is 0.538. The molecule has 0 bridgehead atoms. The van der Waals surface area contributed by atoms with Crippen LogP contribution in [0.5, 0.6) is 0 Å². The maximum absolute atomic E-state index is 3.46. The van der Waals surface area contributed by atoms with Crippen molar-refractivity contribution in [2.45, 2.75) is 64.7 Å². The normalized spacial score (nSPS) is 26.7. The van der Waals surface area contributed by atoms with Gasteiger partial charge in [-0.3, -0.25) is 0 Å². The van der Waals surface area contributed by atoms with E-state index in [0.29, 0.717) is 5.41 Å². The summed E-state index contributed by atoms with van der Waals surface area (Å²) in [6.45, 7) is 7.29. The summed E-state index contributed by atoms with van der Waals surface area (Å²) in [5.41, 5.74) is 3.66. The summed E-state index contributed by atoms with van der Waals surface area (Å²) >= 11 is 0. The third-order valence-corrected chi connectivity index (χ3v) is 5.64. The maximum atomic E-state index is 3.46. The van der Waals surface area contributed by atoms with Crippen molar-refractivity contribution in [3.63, 3.8) is 0 Å². The van der Waals surface area contributed by atoms with Crippen LogP contribution in [0.4, 0.5) is 0 Å². The summed E-state index contributed by atoms with van der Waals surface area (Å²) < 4.78 is 0. The lowest BCUT2D eigenvalue weighted by Gasteiger charge is -2.35. The molecule has 1 heteroatoms. The van der Waals surface area contributed by atoms with Crippen LogP contribution in [0.3, 0.4) is 0 Å². The first-order valence-electron chi connectivity index (χ1n) is 8.92. The number of hydrogen-bond acceptors (Lipinski definition) is 1. The average Bonchev–Trinajstić information content (AvgIpc) is 2.48. The van der Waals surface area contributed by atoms with Crippen molar-refractivity contribution in [1.29, 1.82) is 0 Å². The lowest BCUT2D eigenvalue weighted by molar-refractivity contribution is 0.219. The topological polar surface area (TPSA) is 12.0 Å². The Bertz CT molecular complexity index is 439. The zero-order chi connectivity index (χ0) is 14.7. The molecule has 1 aromatic carbocycles. The molecule has 1 atom stereocenters. The van der Waals surface area contributed by atoms with Crippen molar-refractivity contribution in [1.82, 2.24) is 5.32 Å². The predicted molar refractivity (Wildman–Crippen MR) is 90.7 cm³/mol. The predicted octanol–water partition coefficient (Wildman–Crippen LogP) is 4.91. The Labute approximate surface area is 130 Å². The smallest absolute Gasteiger partial charge is 0.00462 e. The fraction of sp³-hybridized carbons (Fsp3) is 0.700. The van der Waals surface area contributed by atoms with Crippen LogP contribution < -0.4 is 5.32 Å². The van der Waals surface area contributed by atoms with Gasteiger partial charge in [-0.2, -0.15) is 0 Å². The van der Waals surface area contributed by atoms with Crippen molar-refractivity contribution in [3.05, 3.63) is 35.4 Å². The van der Waals surface area contributed by atoms with Gasteiger partial charge in [-0.05, 0) is 80.0 Å². The maximum Gasteiger partial charge on any atom is -0.00462 e. The highest BCUT2D eigenvalue weighted by Crippen LogP contribution is 2.43. The third kappa shape index (κ3) is 4.10. The van der Waals surface area contributed by atoms with Crippen molar-refractivity contribution in [2.24, 2.45) is 11.3 Å². The minimum absolute atomic E-state index is 0.538. The van der Waals surface area contributed by atoms with Gasteiger partial charge in [0.1, 0.15) is 0 Å². The van der Waals surface area contributed by atoms with Crippen molar-refractivity contribution < 1.29 is 0 Å². The van der Waals surface area contributed by atoms with Gasteiger partial charge in [-0.25, -0.2) is 0 Å². The van der Waals surface area contributed by atoms with Gasteiger partial charge in [-0.1, -0.05) is 44.5 Å². The van der Waals surface area contributed by atoms with Crippen LogP contribution in [0.25, 0.3) is 0 Å². The van der Waals surface area contributed by atoms with E-state index in [9.17, 15) is 0 Å². The lowest BCUT2D eigenvalue weighted by atomic mass is 9.70. The second kappa shape index (κ2) is 6.52. The molecule has 1 aromatic rings. The molecule has 2 aliphatic rings. The molecule has 1 aliphatic carbocycles. The largest absolute Gasteiger partial charge is 0.317 e. The quantitative estimate of drug-likeness (QED) is 0.832. The van der Waals surface area contributed by atoms with Crippen LogP contribution >= 0.6 is 0 Å². The molecule has 1 nitrogen and oxygen atoms in total. The number of nitrogens with one attached hydrogen (secondary N) is 1. The van der Waals surface area contributed by atoms with E-state index in [4.69, 9.17) is 0 Å². The van der Waals surface area contributed by atoms with Crippen LogP contribution in [0.1, 0.15) is 69.4 Å². The van der Waals surface area contributed by atoms with E-state index in [1.165, 1.54) is 58.0 Å². The van der Waals surface area contributed by atoms with E-state index in [2.05, 4.69) is 43.4 Å². The fourth-order valence-corrected chi connectivity index (χ4v) is 4.33. The molecule has 1 heterocycles. The first-order chi connectivity index (χ1) is 10.1. The molecule has 21 heavy (non-hydrogen) atoms. The molecule has 1 aliphatic heterocycles. The molecule has 1 N–H and O–H groups in total. The summed E-state index contributed by atoms with van der Waals surface area (Å²) in [5, 5.41) is 3.46. The molecular formula is C20H31N. The molecular weight excluding hydrogens is 254 g/mol. The Kier molecular flexibility index (Phi) is 4.69. The minimum Gasteiger partial charge on any atom is -0.317 e. The van der Waals surface area contributed by atoms with Crippen LogP contribution in [0, 0.1) is 11.3 Å². The second-order valence-electron chi connectivity index (χ2n) is 8.10. The molecule has 3 rings (SSSR count). The molecule has 2 fully saturated rings.